The maximum Gasteiger partial charge on any atom is 0.340 e. The summed E-state index contributed by atoms with van der Waals surface area (Å²) in [6, 6.07) is 5.36. The number of nitrogens with zero attached hydrogens (tertiary/aromatic N) is 2. The van der Waals surface area contributed by atoms with Gasteiger partial charge in [0.15, 0.2) is 0 Å². The summed E-state index contributed by atoms with van der Waals surface area (Å²) in [5.41, 5.74) is 1.62. The number of aromatic carboxylic acids is 1. The number of carboxylic acids is 1. The average molecular weight is 231 g/mol. The summed E-state index contributed by atoms with van der Waals surface area (Å²) >= 11 is 0. The molecule has 0 atom stereocenters. The first-order valence-corrected chi connectivity index (χ1v) is 5.14. The van der Waals surface area contributed by atoms with Crippen LogP contribution in [-0.4, -0.2) is 35.1 Å². The van der Waals surface area contributed by atoms with E-state index in [4.69, 9.17) is 0 Å². The smallest absolute Gasteiger partial charge is 0.340 e. The Kier molecular flexibility index (Phi) is 2.82. The average Bonchev–Trinajstić information content (AvgIpc) is 2.81. The molecule has 0 spiro atoms. The van der Waals surface area contributed by atoms with Crippen LogP contribution in [0.1, 0.15) is 10.4 Å². The molecule has 0 bridgehead atoms. The molecule has 0 aliphatic heterocycles. The molecule has 88 valence electrons. The molecule has 2 N–H and O–H groups in total. The minimum absolute atomic E-state index is 0.208. The Morgan fingerprint density at radius 1 is 1.41 bits per heavy atom. The minimum atomic E-state index is -0.980. The molecule has 0 fully saturated rings. The van der Waals surface area contributed by atoms with Crippen LogP contribution in [-0.2, 0) is 0 Å². The van der Waals surface area contributed by atoms with E-state index in [1.54, 1.807) is 37.5 Å². The number of aromatic nitrogens is 2. The summed E-state index contributed by atoms with van der Waals surface area (Å²) in [5, 5.41) is 9.31. The van der Waals surface area contributed by atoms with Gasteiger partial charge in [-0.2, -0.15) is 0 Å². The van der Waals surface area contributed by atoms with Gasteiger partial charge in [-0.25, -0.2) is 9.78 Å². The first kappa shape index (κ1) is 11.2. The van der Waals surface area contributed by atoms with E-state index >= 15 is 0 Å². The van der Waals surface area contributed by atoms with Gasteiger partial charge in [0.25, 0.3) is 0 Å². The molecular formula is C12H13N3O2. The standard InChI is InChI=1S/C12H13N3O2/c1-15(2)11-10(12(16)17)8(5-7-14-11)9-4-3-6-13-9/h3-7,13H,1-2H3,(H,16,17). The van der Waals surface area contributed by atoms with Crippen LogP contribution in [0.25, 0.3) is 11.3 Å². The fourth-order valence-corrected chi connectivity index (χ4v) is 1.72. The van der Waals surface area contributed by atoms with Crippen molar-refractivity contribution in [1.82, 2.24) is 9.97 Å². The summed E-state index contributed by atoms with van der Waals surface area (Å²) in [6.07, 6.45) is 3.37. The quantitative estimate of drug-likeness (QED) is 0.845. The molecule has 0 aliphatic rings. The third kappa shape index (κ3) is 1.99. The van der Waals surface area contributed by atoms with Gasteiger partial charge in [-0.05, 0) is 18.2 Å². The summed E-state index contributed by atoms with van der Waals surface area (Å²) in [4.78, 5) is 20.2. The SMILES string of the molecule is CN(C)c1nccc(-c2ccc[nH]2)c1C(=O)O. The van der Waals surface area contributed by atoms with Gasteiger partial charge in [-0.15, -0.1) is 0 Å². The molecule has 0 aliphatic carbocycles. The maximum atomic E-state index is 11.4. The van der Waals surface area contributed by atoms with Crippen LogP contribution in [0.5, 0.6) is 0 Å². The highest BCUT2D eigenvalue weighted by molar-refractivity contribution is 6.00. The van der Waals surface area contributed by atoms with Gasteiger partial charge in [0.1, 0.15) is 11.4 Å². The Hall–Kier alpha value is -2.30. The first-order valence-electron chi connectivity index (χ1n) is 5.14. The van der Waals surface area contributed by atoms with Crippen molar-refractivity contribution in [3.63, 3.8) is 0 Å². The lowest BCUT2D eigenvalue weighted by atomic mass is 10.1. The van der Waals surface area contributed by atoms with Gasteiger partial charge >= 0.3 is 5.97 Å². The zero-order valence-corrected chi connectivity index (χ0v) is 9.64. The van der Waals surface area contributed by atoms with Crippen LogP contribution in [0, 0.1) is 0 Å². The zero-order valence-electron chi connectivity index (χ0n) is 9.64. The van der Waals surface area contributed by atoms with Gasteiger partial charge < -0.3 is 15.0 Å². The number of hydrogen-bond donors (Lipinski definition) is 2. The molecule has 0 amide bonds. The molecular weight excluding hydrogens is 218 g/mol. The van der Waals surface area contributed by atoms with Crippen molar-refractivity contribution in [3.05, 3.63) is 36.2 Å². The molecule has 2 heterocycles. The number of anilines is 1. The molecule has 0 unspecified atom stereocenters. The number of hydrogen-bond acceptors (Lipinski definition) is 3. The monoisotopic (exact) mass is 231 g/mol. The second-order valence-electron chi connectivity index (χ2n) is 3.84. The van der Waals surface area contributed by atoms with E-state index in [9.17, 15) is 9.90 Å². The Morgan fingerprint density at radius 2 is 2.18 bits per heavy atom. The van der Waals surface area contributed by atoms with E-state index in [2.05, 4.69) is 9.97 Å². The summed E-state index contributed by atoms with van der Waals surface area (Å²) < 4.78 is 0. The topological polar surface area (TPSA) is 69.2 Å². The predicted molar refractivity (Wildman–Crippen MR) is 65.3 cm³/mol. The lowest BCUT2D eigenvalue weighted by Gasteiger charge is -2.16. The number of rotatable bonds is 3. The first-order chi connectivity index (χ1) is 8.11. The summed E-state index contributed by atoms with van der Waals surface area (Å²) in [5.74, 6) is -0.531. The van der Waals surface area contributed by atoms with Gasteiger partial charge in [0.2, 0.25) is 0 Å². The number of carboxylic acid groups (broad SMARTS) is 1. The van der Waals surface area contributed by atoms with E-state index in [1.807, 2.05) is 12.1 Å². The summed E-state index contributed by atoms with van der Waals surface area (Å²) in [7, 11) is 3.54. The molecule has 2 rings (SSSR count). The van der Waals surface area contributed by atoms with Gasteiger partial charge in [-0.1, -0.05) is 0 Å². The molecule has 2 aromatic rings. The largest absolute Gasteiger partial charge is 0.478 e. The van der Waals surface area contributed by atoms with E-state index < -0.39 is 5.97 Å². The maximum absolute atomic E-state index is 11.4. The molecule has 0 radical (unpaired) electrons. The third-order valence-electron chi connectivity index (χ3n) is 2.46. The van der Waals surface area contributed by atoms with Crippen LogP contribution < -0.4 is 4.90 Å². The second kappa shape index (κ2) is 4.29. The molecule has 0 saturated carbocycles. The Labute approximate surface area is 98.7 Å². The highest BCUT2D eigenvalue weighted by Gasteiger charge is 2.19. The number of nitrogens with one attached hydrogen (secondary N) is 1. The van der Waals surface area contributed by atoms with E-state index in [0.29, 0.717) is 11.4 Å². The fraction of sp³-hybridized carbons (Fsp3) is 0.167. The van der Waals surface area contributed by atoms with Gasteiger partial charge in [0.05, 0.1) is 0 Å². The highest BCUT2D eigenvalue weighted by atomic mass is 16.4. The Bertz CT molecular complexity index is 533. The lowest BCUT2D eigenvalue weighted by molar-refractivity contribution is 0.0698. The normalized spacial score (nSPS) is 10.2. The van der Waals surface area contributed by atoms with Crippen molar-refractivity contribution in [3.8, 4) is 11.3 Å². The molecule has 17 heavy (non-hydrogen) atoms. The van der Waals surface area contributed by atoms with Crippen molar-refractivity contribution in [2.24, 2.45) is 0 Å². The van der Waals surface area contributed by atoms with Gasteiger partial charge in [-0.3, -0.25) is 0 Å². The van der Waals surface area contributed by atoms with Crippen molar-refractivity contribution < 1.29 is 9.90 Å². The highest BCUT2D eigenvalue weighted by Crippen LogP contribution is 2.27. The third-order valence-corrected chi connectivity index (χ3v) is 2.46. The van der Waals surface area contributed by atoms with Crippen LogP contribution in [0.2, 0.25) is 0 Å². The molecule has 2 aromatic heterocycles. The molecule has 5 heteroatoms. The van der Waals surface area contributed by atoms with Gasteiger partial charge in [0, 0.05) is 37.7 Å². The number of aromatic amines is 1. The molecule has 5 nitrogen and oxygen atoms in total. The summed E-state index contributed by atoms with van der Waals surface area (Å²) in [6.45, 7) is 0. The van der Waals surface area contributed by atoms with Crippen molar-refractivity contribution >= 4 is 11.8 Å². The fourth-order valence-electron chi connectivity index (χ4n) is 1.72. The number of H-pyrrole nitrogens is 1. The van der Waals surface area contributed by atoms with Crippen LogP contribution in [0.15, 0.2) is 30.6 Å². The van der Waals surface area contributed by atoms with Crippen LogP contribution >= 0.6 is 0 Å². The minimum Gasteiger partial charge on any atom is -0.478 e. The zero-order chi connectivity index (χ0) is 12.4. The second-order valence-corrected chi connectivity index (χ2v) is 3.84. The number of carbonyl (C=O) groups is 1. The van der Waals surface area contributed by atoms with Crippen molar-refractivity contribution in [1.29, 1.82) is 0 Å². The van der Waals surface area contributed by atoms with E-state index in [1.165, 1.54) is 0 Å². The van der Waals surface area contributed by atoms with Crippen molar-refractivity contribution in [2.75, 3.05) is 19.0 Å². The Balaban J connectivity index is 2.68. The predicted octanol–water partition coefficient (Wildman–Crippen LogP) is 1.84. The van der Waals surface area contributed by atoms with Crippen molar-refractivity contribution in [2.45, 2.75) is 0 Å². The lowest BCUT2D eigenvalue weighted by Crippen LogP contribution is -2.16. The van der Waals surface area contributed by atoms with Crippen LogP contribution in [0.3, 0.4) is 0 Å². The van der Waals surface area contributed by atoms with E-state index in [-0.39, 0.29) is 5.56 Å². The Morgan fingerprint density at radius 3 is 2.71 bits per heavy atom. The van der Waals surface area contributed by atoms with Crippen LogP contribution in [0.4, 0.5) is 5.82 Å². The van der Waals surface area contributed by atoms with E-state index in [0.717, 1.165) is 5.69 Å². The number of pyridine rings is 1. The molecule has 0 aromatic carbocycles. The molecule has 0 saturated heterocycles.